The molecule has 5 rings (SSSR count). The standard InChI is InChI=1S/C28H33N3O3S/c1-3-35(33,34)23-14-9-20(10-15-23)11-16-28(32)31-18-24(21-7-5-4-6-8-21)25(19-31)27-17-26(22-12-13-22)29-30(27)2/h4-10,14-15,17,22,24-25H,3,11-13,16,18-19H2,1-2H3. The van der Waals surface area contributed by atoms with E-state index in [2.05, 4.69) is 30.3 Å². The lowest BCUT2D eigenvalue weighted by Gasteiger charge is -2.18. The summed E-state index contributed by atoms with van der Waals surface area (Å²) in [6.07, 6.45) is 3.45. The lowest BCUT2D eigenvalue weighted by Crippen LogP contribution is -2.29. The van der Waals surface area contributed by atoms with Gasteiger partial charge in [-0.15, -0.1) is 0 Å². The summed E-state index contributed by atoms with van der Waals surface area (Å²) in [7, 11) is -1.19. The van der Waals surface area contributed by atoms with Crippen LogP contribution in [0.25, 0.3) is 0 Å². The van der Waals surface area contributed by atoms with Gasteiger partial charge < -0.3 is 4.90 Å². The Bertz CT molecular complexity index is 1290. The highest BCUT2D eigenvalue weighted by atomic mass is 32.2. The molecule has 2 unspecified atom stereocenters. The Balaban J connectivity index is 1.30. The van der Waals surface area contributed by atoms with Crippen molar-refractivity contribution in [1.29, 1.82) is 0 Å². The second-order valence-electron chi connectivity index (χ2n) is 9.86. The number of likely N-dealkylation sites (tertiary alicyclic amines) is 1. The summed E-state index contributed by atoms with van der Waals surface area (Å²) in [6, 6.07) is 19.7. The van der Waals surface area contributed by atoms with E-state index in [0.29, 0.717) is 36.7 Å². The van der Waals surface area contributed by atoms with Crippen LogP contribution in [-0.4, -0.2) is 47.8 Å². The Morgan fingerprint density at radius 2 is 1.69 bits per heavy atom. The molecule has 1 saturated carbocycles. The topological polar surface area (TPSA) is 72.3 Å². The van der Waals surface area contributed by atoms with Crippen molar-refractivity contribution in [3.63, 3.8) is 0 Å². The van der Waals surface area contributed by atoms with Gasteiger partial charge >= 0.3 is 0 Å². The van der Waals surface area contributed by atoms with Crippen molar-refractivity contribution in [3.05, 3.63) is 83.2 Å². The molecular formula is C28H33N3O3S. The van der Waals surface area contributed by atoms with Gasteiger partial charge in [-0.2, -0.15) is 5.10 Å². The molecule has 0 N–H and O–H groups in total. The number of sulfone groups is 1. The number of hydrogen-bond donors (Lipinski definition) is 0. The average molecular weight is 492 g/mol. The van der Waals surface area contributed by atoms with E-state index < -0.39 is 9.84 Å². The van der Waals surface area contributed by atoms with Crippen LogP contribution in [0.15, 0.2) is 65.6 Å². The van der Waals surface area contributed by atoms with E-state index in [1.807, 2.05) is 34.8 Å². The molecule has 1 aliphatic carbocycles. The first-order valence-electron chi connectivity index (χ1n) is 12.5. The van der Waals surface area contributed by atoms with Crippen molar-refractivity contribution in [1.82, 2.24) is 14.7 Å². The highest BCUT2D eigenvalue weighted by Crippen LogP contribution is 2.43. The third-order valence-electron chi connectivity index (χ3n) is 7.50. The minimum Gasteiger partial charge on any atom is -0.341 e. The monoisotopic (exact) mass is 491 g/mol. The van der Waals surface area contributed by atoms with Gasteiger partial charge in [0.2, 0.25) is 5.91 Å². The van der Waals surface area contributed by atoms with Crippen LogP contribution >= 0.6 is 0 Å². The molecule has 1 aromatic heterocycles. The van der Waals surface area contributed by atoms with Crippen molar-refractivity contribution in [2.24, 2.45) is 7.05 Å². The Morgan fingerprint density at radius 3 is 2.34 bits per heavy atom. The highest BCUT2D eigenvalue weighted by Gasteiger charge is 2.39. The molecule has 6 nitrogen and oxygen atoms in total. The zero-order valence-corrected chi connectivity index (χ0v) is 21.2. The van der Waals surface area contributed by atoms with Crippen molar-refractivity contribution in [2.75, 3.05) is 18.8 Å². The maximum Gasteiger partial charge on any atom is 0.222 e. The molecule has 1 aliphatic heterocycles. The van der Waals surface area contributed by atoms with Gasteiger partial charge in [-0.1, -0.05) is 49.4 Å². The van der Waals surface area contributed by atoms with Gasteiger partial charge in [0.1, 0.15) is 0 Å². The molecule has 2 atom stereocenters. The first-order valence-corrected chi connectivity index (χ1v) is 14.2. The lowest BCUT2D eigenvalue weighted by molar-refractivity contribution is -0.130. The number of hydrogen-bond acceptors (Lipinski definition) is 4. The zero-order valence-electron chi connectivity index (χ0n) is 20.4. The number of aromatic nitrogens is 2. The molecule has 2 fully saturated rings. The van der Waals surface area contributed by atoms with E-state index in [4.69, 9.17) is 5.10 Å². The molecule has 184 valence electrons. The van der Waals surface area contributed by atoms with Gasteiger partial charge in [0.15, 0.2) is 9.84 Å². The molecule has 0 radical (unpaired) electrons. The first kappa shape index (κ1) is 23.8. The fourth-order valence-electron chi connectivity index (χ4n) is 5.21. The van der Waals surface area contributed by atoms with Crippen LogP contribution in [0, 0.1) is 0 Å². The van der Waals surface area contributed by atoms with Crippen LogP contribution in [0.5, 0.6) is 0 Å². The lowest BCUT2D eigenvalue weighted by atomic mass is 9.86. The predicted molar refractivity (Wildman–Crippen MR) is 136 cm³/mol. The third-order valence-corrected chi connectivity index (χ3v) is 9.25. The van der Waals surface area contributed by atoms with Crippen LogP contribution in [0.1, 0.15) is 66.5 Å². The molecule has 3 aromatic rings. The van der Waals surface area contributed by atoms with E-state index in [1.165, 1.54) is 29.8 Å². The minimum absolute atomic E-state index is 0.0857. The normalized spacial score (nSPS) is 20.3. The Labute approximate surface area is 207 Å². The third kappa shape index (κ3) is 5.06. The predicted octanol–water partition coefficient (Wildman–Crippen LogP) is 4.43. The van der Waals surface area contributed by atoms with E-state index >= 15 is 0 Å². The minimum atomic E-state index is -3.21. The average Bonchev–Trinajstić information content (AvgIpc) is 3.52. The number of carbonyl (C=O) groups excluding carboxylic acids is 1. The largest absolute Gasteiger partial charge is 0.341 e. The number of nitrogens with zero attached hydrogens (tertiary/aromatic N) is 3. The SMILES string of the molecule is CCS(=O)(=O)c1ccc(CCC(=O)N2CC(c3ccccc3)C(c3cc(C4CC4)nn3C)C2)cc1. The molecule has 0 bridgehead atoms. The molecule has 2 aliphatic rings. The molecule has 1 saturated heterocycles. The number of rotatable bonds is 8. The number of carbonyl (C=O) groups is 1. The first-order chi connectivity index (χ1) is 16.9. The number of aryl methyl sites for hydroxylation is 2. The quantitative estimate of drug-likeness (QED) is 0.467. The van der Waals surface area contributed by atoms with Gasteiger partial charge in [0.25, 0.3) is 0 Å². The summed E-state index contributed by atoms with van der Waals surface area (Å²) in [5, 5.41) is 4.79. The smallest absolute Gasteiger partial charge is 0.222 e. The van der Waals surface area contributed by atoms with Crippen LogP contribution < -0.4 is 0 Å². The number of benzene rings is 2. The maximum absolute atomic E-state index is 13.3. The zero-order chi connectivity index (χ0) is 24.6. The van der Waals surface area contributed by atoms with Gasteiger partial charge in [0, 0.05) is 50.0 Å². The van der Waals surface area contributed by atoms with Crippen LogP contribution in [-0.2, 0) is 28.1 Å². The number of amides is 1. The van der Waals surface area contributed by atoms with Crippen LogP contribution in [0.2, 0.25) is 0 Å². The maximum atomic E-state index is 13.3. The molecule has 35 heavy (non-hydrogen) atoms. The summed E-state index contributed by atoms with van der Waals surface area (Å²) in [4.78, 5) is 15.6. The van der Waals surface area contributed by atoms with Gasteiger partial charge in [0.05, 0.1) is 16.3 Å². The van der Waals surface area contributed by atoms with E-state index in [-0.39, 0.29) is 23.5 Å². The molecule has 2 aromatic carbocycles. The molecule has 7 heteroatoms. The van der Waals surface area contributed by atoms with Crippen molar-refractivity contribution in [3.8, 4) is 0 Å². The fraction of sp³-hybridized carbons (Fsp3) is 0.429. The van der Waals surface area contributed by atoms with Crippen molar-refractivity contribution in [2.45, 2.75) is 55.3 Å². The van der Waals surface area contributed by atoms with Crippen molar-refractivity contribution >= 4 is 15.7 Å². The Hall–Kier alpha value is -2.93. The molecule has 1 amide bonds. The fourth-order valence-corrected chi connectivity index (χ4v) is 6.10. The summed E-state index contributed by atoms with van der Waals surface area (Å²) in [5.74, 6) is 1.28. The van der Waals surface area contributed by atoms with E-state index in [1.54, 1.807) is 19.1 Å². The Kier molecular flexibility index (Phi) is 6.53. The van der Waals surface area contributed by atoms with Crippen LogP contribution in [0.4, 0.5) is 0 Å². The van der Waals surface area contributed by atoms with Gasteiger partial charge in [-0.25, -0.2) is 8.42 Å². The summed E-state index contributed by atoms with van der Waals surface area (Å²) >= 11 is 0. The summed E-state index contributed by atoms with van der Waals surface area (Å²) < 4.78 is 26.1. The second-order valence-corrected chi connectivity index (χ2v) is 12.1. The summed E-state index contributed by atoms with van der Waals surface area (Å²) in [6.45, 7) is 3.03. The van der Waals surface area contributed by atoms with Crippen LogP contribution in [0.3, 0.4) is 0 Å². The second kappa shape index (κ2) is 9.61. The van der Waals surface area contributed by atoms with Gasteiger partial charge in [-0.05, 0) is 48.6 Å². The van der Waals surface area contributed by atoms with Gasteiger partial charge in [-0.3, -0.25) is 9.48 Å². The molecule has 0 spiro atoms. The van der Waals surface area contributed by atoms with Crippen molar-refractivity contribution < 1.29 is 13.2 Å². The summed E-state index contributed by atoms with van der Waals surface area (Å²) in [5.41, 5.74) is 4.63. The van der Waals surface area contributed by atoms with E-state index in [9.17, 15) is 13.2 Å². The highest BCUT2D eigenvalue weighted by molar-refractivity contribution is 7.91. The Morgan fingerprint density at radius 1 is 1.00 bits per heavy atom. The van der Waals surface area contributed by atoms with E-state index in [0.717, 1.165) is 5.56 Å². The molecule has 2 heterocycles. The molecular weight excluding hydrogens is 458 g/mol.